The number of alkyl carbamates (subject to hydrolysis) is 1. The van der Waals surface area contributed by atoms with Crippen molar-refractivity contribution in [2.75, 3.05) is 30.9 Å². The first-order chi connectivity index (χ1) is 26.0. The van der Waals surface area contributed by atoms with E-state index in [1.54, 1.807) is 33.0 Å². The second-order valence-electron chi connectivity index (χ2n) is 15.6. The third-order valence-electron chi connectivity index (χ3n) is 9.92. The Balaban J connectivity index is 1.35. The van der Waals surface area contributed by atoms with Gasteiger partial charge >= 0.3 is 12.1 Å². The summed E-state index contributed by atoms with van der Waals surface area (Å²) in [6.45, 7) is 6.60. The number of carbonyl (C=O) groups is 5. The number of pyridine rings is 1. The maximum absolute atomic E-state index is 14.5. The predicted molar refractivity (Wildman–Crippen MR) is 208 cm³/mol. The van der Waals surface area contributed by atoms with Crippen LogP contribution in [0.4, 0.5) is 15.6 Å². The summed E-state index contributed by atoms with van der Waals surface area (Å²) in [4.78, 5) is 79.2. The van der Waals surface area contributed by atoms with Crippen molar-refractivity contribution in [1.82, 2.24) is 25.5 Å². The Hall–Kier alpha value is -5.25. The summed E-state index contributed by atoms with van der Waals surface area (Å²) >= 11 is 1.26. The Kier molecular flexibility index (Phi) is 11.4. The Morgan fingerprint density at radius 2 is 1.91 bits per heavy atom. The number of aliphatic carboxylic acids is 1. The third kappa shape index (κ3) is 9.18. The fraction of sp³-hybridized carbons (Fsp3) is 0.513. The lowest BCUT2D eigenvalue weighted by Gasteiger charge is -2.30. The number of carboxylic acids is 1. The van der Waals surface area contributed by atoms with Crippen LogP contribution in [0.25, 0.3) is 21.5 Å². The van der Waals surface area contributed by atoms with Crippen LogP contribution in [-0.4, -0.2) is 99.7 Å². The van der Waals surface area contributed by atoms with Crippen molar-refractivity contribution < 1.29 is 38.6 Å². The molecule has 0 bridgehead atoms. The average Bonchev–Trinajstić information content (AvgIpc) is 3.38. The van der Waals surface area contributed by atoms with Crippen LogP contribution in [0.1, 0.15) is 72.6 Å². The summed E-state index contributed by atoms with van der Waals surface area (Å²) in [7, 11) is 3.85. The second-order valence-corrected chi connectivity index (χ2v) is 16.7. The van der Waals surface area contributed by atoms with E-state index in [9.17, 15) is 29.1 Å². The lowest BCUT2D eigenvalue weighted by molar-refractivity contribution is -0.145. The Bertz CT molecular complexity index is 2010. The SMILES string of the molecule is CC(=O)Nc1ncc(-c2cc(O[C@@H]3C[C@H]4C(=O)N[C@]5(C(=O)O)CC5/C=C\CCCCC[C@H](NC(=O)OC(C)(C)C)C(=O)N4C3)c3ccc(N(C)C)cc3n2)s1. The molecular formula is C39H49N7O8S. The summed E-state index contributed by atoms with van der Waals surface area (Å²) in [6, 6.07) is 5.46. The first kappa shape index (κ1) is 39.4. The van der Waals surface area contributed by atoms with Crippen LogP contribution in [0.5, 0.6) is 5.75 Å². The molecule has 4 heterocycles. The molecule has 16 heteroatoms. The van der Waals surface area contributed by atoms with Crippen molar-refractivity contribution in [1.29, 1.82) is 0 Å². The molecule has 2 aromatic heterocycles. The Labute approximate surface area is 323 Å². The maximum Gasteiger partial charge on any atom is 0.408 e. The van der Waals surface area contributed by atoms with Gasteiger partial charge in [0.05, 0.1) is 22.6 Å². The molecule has 1 aliphatic carbocycles. The van der Waals surface area contributed by atoms with Gasteiger partial charge in [0.1, 0.15) is 35.1 Å². The van der Waals surface area contributed by atoms with Crippen LogP contribution in [0.2, 0.25) is 0 Å². The zero-order valence-corrected chi connectivity index (χ0v) is 32.8. The van der Waals surface area contributed by atoms with Gasteiger partial charge in [0.15, 0.2) is 5.13 Å². The van der Waals surface area contributed by atoms with Gasteiger partial charge in [-0.25, -0.2) is 19.6 Å². The molecule has 3 aromatic rings. The van der Waals surface area contributed by atoms with Crippen LogP contribution < -0.4 is 25.6 Å². The van der Waals surface area contributed by atoms with Gasteiger partial charge in [-0.3, -0.25) is 14.4 Å². The highest BCUT2D eigenvalue weighted by Crippen LogP contribution is 2.45. The topological polar surface area (TPSA) is 192 Å². The standard InChI is InChI=1S/C39H49N7O8S/c1-22(47)41-36-40-20-32(55-36)29-18-31(26-15-14-24(45(5)6)16-28(26)42-29)53-25-17-30-33(48)44-39(35(50)51)19-23(39)12-10-8-7-9-11-13-27(34(49)46(30)21-25)43-37(52)54-38(2,3)4/h10,12,14-16,18,20,23,25,27,30H,7-9,11,13,17,19,21H2,1-6H3,(H,43,52)(H,44,48)(H,50,51)(H,40,41,47)/b12-10-/t23?,25-,27+,30+,39-/m1/s1. The Morgan fingerprint density at radius 1 is 1.13 bits per heavy atom. The van der Waals surface area contributed by atoms with Gasteiger partial charge < -0.3 is 40.3 Å². The summed E-state index contributed by atoms with van der Waals surface area (Å²) in [6.07, 6.45) is 7.59. The van der Waals surface area contributed by atoms with E-state index in [1.807, 2.05) is 49.3 Å². The molecule has 55 heavy (non-hydrogen) atoms. The lowest BCUT2D eigenvalue weighted by atomic mass is 10.0. The molecule has 2 aliphatic heterocycles. The highest BCUT2D eigenvalue weighted by atomic mass is 32.1. The summed E-state index contributed by atoms with van der Waals surface area (Å²) in [5.41, 5.74) is -0.185. The molecule has 1 unspecified atom stereocenters. The van der Waals surface area contributed by atoms with Gasteiger partial charge in [-0.1, -0.05) is 36.3 Å². The van der Waals surface area contributed by atoms with Crippen molar-refractivity contribution in [2.24, 2.45) is 5.92 Å². The van der Waals surface area contributed by atoms with Crippen molar-refractivity contribution in [3.63, 3.8) is 0 Å². The number of allylic oxidation sites excluding steroid dienone is 1. The molecule has 294 valence electrons. The fourth-order valence-electron chi connectivity index (χ4n) is 7.06. The molecule has 4 N–H and O–H groups in total. The van der Waals surface area contributed by atoms with Crippen molar-refractivity contribution in [3.05, 3.63) is 42.6 Å². The quantitative estimate of drug-likeness (QED) is 0.234. The number of amides is 4. The number of aromatic nitrogens is 2. The maximum atomic E-state index is 14.5. The fourth-order valence-corrected chi connectivity index (χ4v) is 7.89. The molecule has 5 atom stereocenters. The first-order valence-electron chi connectivity index (χ1n) is 18.6. The number of carbonyl (C=O) groups excluding carboxylic acids is 4. The number of rotatable bonds is 7. The Morgan fingerprint density at radius 3 is 2.62 bits per heavy atom. The monoisotopic (exact) mass is 775 g/mol. The van der Waals surface area contributed by atoms with Gasteiger partial charge in [0, 0.05) is 56.7 Å². The van der Waals surface area contributed by atoms with Crippen LogP contribution >= 0.6 is 11.3 Å². The first-order valence-corrected chi connectivity index (χ1v) is 19.4. The van der Waals surface area contributed by atoms with E-state index in [0.29, 0.717) is 45.2 Å². The number of nitrogens with zero attached hydrogens (tertiary/aromatic N) is 4. The highest BCUT2D eigenvalue weighted by Gasteiger charge is 2.61. The number of fused-ring (bicyclic) bond motifs is 3. The molecule has 0 spiro atoms. The molecule has 15 nitrogen and oxygen atoms in total. The number of ether oxygens (including phenoxy) is 2. The predicted octanol–water partition coefficient (Wildman–Crippen LogP) is 5.10. The zero-order valence-electron chi connectivity index (χ0n) is 32.0. The molecule has 1 aromatic carbocycles. The minimum Gasteiger partial charge on any atom is -0.488 e. The van der Waals surface area contributed by atoms with Gasteiger partial charge in [-0.15, -0.1) is 0 Å². The number of carboxylic acid groups (broad SMARTS) is 1. The smallest absolute Gasteiger partial charge is 0.408 e. The number of benzene rings is 1. The molecule has 2 fully saturated rings. The van der Waals surface area contributed by atoms with Gasteiger partial charge in [-0.2, -0.15) is 0 Å². The zero-order chi connectivity index (χ0) is 39.7. The summed E-state index contributed by atoms with van der Waals surface area (Å²) in [5.74, 6) is -2.38. The van der Waals surface area contributed by atoms with Crippen molar-refractivity contribution >= 4 is 62.8 Å². The lowest BCUT2D eigenvalue weighted by Crippen LogP contribution is -2.56. The minimum atomic E-state index is -1.47. The number of thiazole rings is 1. The van der Waals surface area contributed by atoms with Crippen molar-refractivity contribution in [2.45, 2.75) is 102 Å². The molecule has 3 aliphatic rings. The minimum absolute atomic E-state index is 0.00497. The molecular weight excluding hydrogens is 727 g/mol. The molecule has 6 rings (SSSR count). The van der Waals surface area contributed by atoms with E-state index in [2.05, 4.69) is 20.9 Å². The summed E-state index contributed by atoms with van der Waals surface area (Å²) < 4.78 is 12.2. The van der Waals surface area contributed by atoms with Crippen molar-refractivity contribution in [3.8, 4) is 16.3 Å². The molecule has 1 saturated carbocycles. The largest absolute Gasteiger partial charge is 0.488 e. The number of hydrogen-bond acceptors (Lipinski definition) is 11. The van der Waals surface area contributed by atoms with E-state index >= 15 is 0 Å². The normalized spacial score (nSPS) is 25.0. The van der Waals surface area contributed by atoms with Crippen LogP contribution in [0.3, 0.4) is 0 Å². The van der Waals surface area contributed by atoms with E-state index < -0.39 is 53.2 Å². The van der Waals surface area contributed by atoms with E-state index in [0.717, 1.165) is 24.9 Å². The highest BCUT2D eigenvalue weighted by molar-refractivity contribution is 7.19. The molecule has 4 amide bonds. The van der Waals surface area contributed by atoms with E-state index in [-0.39, 0.29) is 31.2 Å². The summed E-state index contributed by atoms with van der Waals surface area (Å²) in [5, 5.41) is 19.6. The van der Waals surface area contributed by atoms with Crippen LogP contribution in [0.15, 0.2) is 42.6 Å². The number of anilines is 2. The molecule has 0 radical (unpaired) electrons. The second kappa shape index (κ2) is 15.8. The van der Waals surface area contributed by atoms with E-state index in [4.69, 9.17) is 14.5 Å². The number of nitrogens with one attached hydrogen (secondary N) is 3. The van der Waals surface area contributed by atoms with Gasteiger partial charge in [0.25, 0.3) is 0 Å². The van der Waals surface area contributed by atoms with Crippen LogP contribution in [-0.2, 0) is 23.9 Å². The van der Waals surface area contributed by atoms with E-state index in [1.165, 1.54) is 23.2 Å². The third-order valence-corrected chi connectivity index (χ3v) is 10.9. The number of hydrogen-bond donors (Lipinski definition) is 4. The van der Waals surface area contributed by atoms with Crippen LogP contribution in [0, 0.1) is 5.92 Å². The average molecular weight is 776 g/mol. The van der Waals surface area contributed by atoms with Gasteiger partial charge in [-0.05, 0) is 64.7 Å². The molecule has 1 saturated heterocycles. The van der Waals surface area contributed by atoms with Gasteiger partial charge in [0.2, 0.25) is 17.7 Å².